The molecule has 0 radical (unpaired) electrons. The van der Waals surface area contributed by atoms with Crippen molar-refractivity contribution in [2.24, 2.45) is 0 Å². The van der Waals surface area contributed by atoms with Crippen LogP contribution >= 0.6 is 11.6 Å². The number of carbonyl (C=O) groups excluding carboxylic acids is 1. The molecule has 0 aliphatic heterocycles. The van der Waals surface area contributed by atoms with E-state index in [1.54, 1.807) is 12.1 Å². The molecule has 0 amide bonds. The Kier molecular flexibility index (Phi) is 3.50. The fourth-order valence-electron chi connectivity index (χ4n) is 2.13. The molecule has 0 fully saturated rings. The van der Waals surface area contributed by atoms with Crippen molar-refractivity contribution < 1.29 is 14.6 Å². The number of ether oxygens (including phenoxy) is 1. The summed E-state index contributed by atoms with van der Waals surface area (Å²) < 4.78 is 5.25. The Morgan fingerprint density at radius 3 is 2.62 bits per heavy atom. The Bertz CT molecular complexity index is 822. The number of hydrogen-bond acceptors (Lipinski definition) is 3. The van der Waals surface area contributed by atoms with E-state index in [1.165, 1.54) is 18.2 Å². The Labute approximate surface area is 126 Å². The van der Waals surface area contributed by atoms with Gasteiger partial charge in [0.05, 0.1) is 5.56 Å². The molecule has 104 valence electrons. The molecule has 0 atom stereocenters. The van der Waals surface area contributed by atoms with Crippen LogP contribution in [0.15, 0.2) is 60.7 Å². The number of phenols is 1. The third-order valence-corrected chi connectivity index (χ3v) is 3.37. The van der Waals surface area contributed by atoms with Gasteiger partial charge in [-0.15, -0.1) is 0 Å². The van der Waals surface area contributed by atoms with Gasteiger partial charge in [-0.1, -0.05) is 48.0 Å². The molecule has 0 aliphatic rings. The summed E-state index contributed by atoms with van der Waals surface area (Å²) in [6, 6.07) is 17.2. The molecule has 3 aromatic carbocycles. The largest absolute Gasteiger partial charge is 0.504 e. The highest BCUT2D eigenvalue weighted by Crippen LogP contribution is 2.30. The van der Waals surface area contributed by atoms with E-state index in [2.05, 4.69) is 0 Å². The number of carbonyl (C=O) groups is 1. The van der Waals surface area contributed by atoms with Crippen LogP contribution in [0.1, 0.15) is 10.4 Å². The number of fused-ring (bicyclic) bond motifs is 1. The fraction of sp³-hybridized carbons (Fsp3) is 0. The lowest BCUT2D eigenvalue weighted by molar-refractivity contribution is 0.0732. The van der Waals surface area contributed by atoms with E-state index in [1.807, 2.05) is 30.3 Å². The number of hydrogen-bond donors (Lipinski definition) is 1. The topological polar surface area (TPSA) is 46.5 Å². The van der Waals surface area contributed by atoms with Crippen LogP contribution in [0.2, 0.25) is 5.02 Å². The first-order valence-corrected chi connectivity index (χ1v) is 6.71. The minimum Gasteiger partial charge on any atom is -0.504 e. The third-order valence-electron chi connectivity index (χ3n) is 3.13. The van der Waals surface area contributed by atoms with E-state index in [9.17, 15) is 9.90 Å². The molecule has 3 aromatic rings. The van der Waals surface area contributed by atoms with Gasteiger partial charge in [-0.3, -0.25) is 0 Å². The van der Waals surface area contributed by atoms with E-state index < -0.39 is 5.97 Å². The summed E-state index contributed by atoms with van der Waals surface area (Å²) >= 11 is 5.84. The SMILES string of the molecule is O=C(Oc1cc(Cl)ccc1O)c1cccc2ccccc12. The van der Waals surface area contributed by atoms with Crippen molar-refractivity contribution in [2.75, 3.05) is 0 Å². The number of esters is 1. The average Bonchev–Trinajstić information content (AvgIpc) is 2.50. The zero-order valence-electron chi connectivity index (χ0n) is 10.9. The number of rotatable bonds is 2. The van der Waals surface area contributed by atoms with Crippen molar-refractivity contribution in [2.45, 2.75) is 0 Å². The van der Waals surface area contributed by atoms with Crippen LogP contribution in [0.3, 0.4) is 0 Å². The van der Waals surface area contributed by atoms with Crippen LogP contribution in [-0.2, 0) is 0 Å². The lowest BCUT2D eigenvalue weighted by atomic mass is 10.0. The average molecular weight is 299 g/mol. The fourth-order valence-corrected chi connectivity index (χ4v) is 2.29. The quantitative estimate of drug-likeness (QED) is 0.563. The maximum atomic E-state index is 12.3. The van der Waals surface area contributed by atoms with E-state index in [0.29, 0.717) is 10.6 Å². The van der Waals surface area contributed by atoms with Gasteiger partial charge in [0, 0.05) is 11.1 Å². The second-order valence-electron chi connectivity index (χ2n) is 4.53. The summed E-state index contributed by atoms with van der Waals surface area (Å²) in [6.07, 6.45) is 0. The number of phenolic OH excluding ortho intramolecular Hbond substituents is 1. The standard InChI is InChI=1S/C17H11ClO3/c18-12-8-9-15(19)16(10-12)21-17(20)14-7-3-5-11-4-1-2-6-13(11)14/h1-10,19H. The molecule has 0 unspecified atom stereocenters. The van der Waals surface area contributed by atoms with Gasteiger partial charge in [0.15, 0.2) is 11.5 Å². The maximum Gasteiger partial charge on any atom is 0.344 e. The van der Waals surface area contributed by atoms with Crippen LogP contribution < -0.4 is 4.74 Å². The number of halogens is 1. The molecule has 0 aromatic heterocycles. The van der Waals surface area contributed by atoms with Gasteiger partial charge < -0.3 is 9.84 Å². The summed E-state index contributed by atoms with van der Waals surface area (Å²) in [5.74, 6) is -0.627. The van der Waals surface area contributed by atoms with Gasteiger partial charge in [-0.2, -0.15) is 0 Å². The van der Waals surface area contributed by atoms with Crippen molar-refractivity contribution in [3.8, 4) is 11.5 Å². The molecular weight excluding hydrogens is 288 g/mol. The number of benzene rings is 3. The van der Waals surface area contributed by atoms with E-state index >= 15 is 0 Å². The van der Waals surface area contributed by atoms with E-state index in [-0.39, 0.29) is 11.5 Å². The van der Waals surface area contributed by atoms with Crippen LogP contribution in [-0.4, -0.2) is 11.1 Å². The van der Waals surface area contributed by atoms with Gasteiger partial charge in [0.25, 0.3) is 0 Å². The first kappa shape index (κ1) is 13.5. The van der Waals surface area contributed by atoms with E-state index in [4.69, 9.17) is 16.3 Å². The Morgan fingerprint density at radius 1 is 1.00 bits per heavy atom. The predicted molar refractivity (Wildman–Crippen MR) is 82.0 cm³/mol. The molecule has 0 aliphatic carbocycles. The summed E-state index contributed by atoms with van der Waals surface area (Å²) in [5, 5.41) is 11.8. The Balaban J connectivity index is 1.99. The van der Waals surface area contributed by atoms with Gasteiger partial charge in [0.2, 0.25) is 0 Å². The van der Waals surface area contributed by atoms with Crippen LogP contribution in [0.25, 0.3) is 10.8 Å². The monoisotopic (exact) mass is 298 g/mol. The molecule has 0 spiro atoms. The van der Waals surface area contributed by atoms with Crippen molar-refractivity contribution in [1.29, 1.82) is 0 Å². The molecule has 3 rings (SSSR count). The van der Waals surface area contributed by atoms with Gasteiger partial charge >= 0.3 is 5.97 Å². The molecule has 1 N–H and O–H groups in total. The first-order valence-electron chi connectivity index (χ1n) is 6.33. The van der Waals surface area contributed by atoms with Crippen molar-refractivity contribution >= 4 is 28.3 Å². The molecule has 0 heterocycles. The summed E-state index contributed by atoms with van der Waals surface area (Å²) in [5.41, 5.74) is 0.437. The lowest BCUT2D eigenvalue weighted by Crippen LogP contribution is -2.09. The van der Waals surface area contributed by atoms with Crippen molar-refractivity contribution in [1.82, 2.24) is 0 Å². The molecule has 0 saturated carbocycles. The number of aromatic hydroxyl groups is 1. The molecule has 4 heteroatoms. The summed E-state index contributed by atoms with van der Waals surface area (Å²) in [7, 11) is 0. The summed E-state index contributed by atoms with van der Waals surface area (Å²) in [4.78, 5) is 12.3. The highest BCUT2D eigenvalue weighted by molar-refractivity contribution is 6.30. The van der Waals surface area contributed by atoms with Crippen LogP contribution in [0.5, 0.6) is 11.5 Å². The second kappa shape index (κ2) is 5.46. The Morgan fingerprint density at radius 2 is 1.76 bits per heavy atom. The predicted octanol–water partition coefficient (Wildman–Crippen LogP) is 4.42. The molecule has 21 heavy (non-hydrogen) atoms. The van der Waals surface area contributed by atoms with Gasteiger partial charge in [0.1, 0.15) is 0 Å². The second-order valence-corrected chi connectivity index (χ2v) is 4.96. The van der Waals surface area contributed by atoms with Crippen LogP contribution in [0.4, 0.5) is 0 Å². The van der Waals surface area contributed by atoms with Gasteiger partial charge in [-0.25, -0.2) is 4.79 Å². The molecule has 0 bridgehead atoms. The molecular formula is C17H11ClO3. The highest BCUT2D eigenvalue weighted by atomic mass is 35.5. The molecule has 0 saturated heterocycles. The van der Waals surface area contributed by atoms with Crippen molar-refractivity contribution in [3.63, 3.8) is 0 Å². The summed E-state index contributed by atoms with van der Waals surface area (Å²) in [6.45, 7) is 0. The maximum absolute atomic E-state index is 12.3. The highest BCUT2D eigenvalue weighted by Gasteiger charge is 2.14. The molecule has 3 nitrogen and oxygen atoms in total. The minimum atomic E-state index is -0.538. The lowest BCUT2D eigenvalue weighted by Gasteiger charge is -2.08. The normalized spacial score (nSPS) is 10.5. The Hall–Kier alpha value is -2.52. The first-order chi connectivity index (χ1) is 10.1. The zero-order valence-corrected chi connectivity index (χ0v) is 11.7. The minimum absolute atomic E-state index is 0.0421. The zero-order chi connectivity index (χ0) is 14.8. The van der Waals surface area contributed by atoms with Crippen LogP contribution in [0, 0.1) is 0 Å². The third kappa shape index (κ3) is 2.69. The smallest absolute Gasteiger partial charge is 0.344 e. The van der Waals surface area contributed by atoms with Crippen molar-refractivity contribution in [3.05, 3.63) is 71.2 Å². The van der Waals surface area contributed by atoms with E-state index in [0.717, 1.165) is 10.8 Å². The van der Waals surface area contributed by atoms with Gasteiger partial charge in [-0.05, 0) is 29.0 Å².